The lowest BCUT2D eigenvalue weighted by atomic mass is 9.92. The molecule has 0 heterocycles. The van der Waals surface area contributed by atoms with Crippen LogP contribution in [0.4, 0.5) is 0 Å². The first kappa shape index (κ1) is 17.9. The molecule has 2 nitrogen and oxygen atoms in total. The van der Waals surface area contributed by atoms with Crippen molar-refractivity contribution in [2.75, 3.05) is 26.3 Å². The molecule has 18 heavy (non-hydrogen) atoms. The van der Waals surface area contributed by atoms with Gasteiger partial charge in [0, 0.05) is 13.2 Å². The summed E-state index contributed by atoms with van der Waals surface area (Å²) >= 11 is 0. The van der Waals surface area contributed by atoms with Gasteiger partial charge in [0.15, 0.2) is 0 Å². The lowest BCUT2D eigenvalue weighted by molar-refractivity contribution is 0.131. The van der Waals surface area contributed by atoms with Crippen LogP contribution in [0.25, 0.3) is 0 Å². The zero-order valence-electron chi connectivity index (χ0n) is 13.2. The molecule has 0 rings (SSSR count). The Kier molecular flexibility index (Phi) is 11.9. The molecular formula is C16H35NO. The molecule has 2 heteroatoms. The predicted molar refractivity (Wildman–Crippen MR) is 81.1 cm³/mol. The topological polar surface area (TPSA) is 21.3 Å². The van der Waals surface area contributed by atoms with Crippen LogP contribution in [-0.4, -0.2) is 26.3 Å². The third-order valence-electron chi connectivity index (χ3n) is 3.12. The zero-order chi connectivity index (χ0) is 13.7. The van der Waals surface area contributed by atoms with E-state index in [4.69, 9.17) is 4.74 Å². The molecule has 0 aliphatic rings. The molecule has 0 spiro atoms. The highest BCUT2D eigenvalue weighted by Crippen LogP contribution is 2.16. The molecule has 0 radical (unpaired) electrons. The predicted octanol–water partition coefficient (Wildman–Crippen LogP) is 4.39. The van der Waals surface area contributed by atoms with E-state index in [1.807, 2.05) is 0 Å². The number of hydrogen-bond acceptors (Lipinski definition) is 2. The first-order valence-electron chi connectivity index (χ1n) is 7.85. The summed E-state index contributed by atoms with van der Waals surface area (Å²) in [6.45, 7) is 13.0. The van der Waals surface area contributed by atoms with Gasteiger partial charge in [-0.3, -0.25) is 0 Å². The van der Waals surface area contributed by atoms with Gasteiger partial charge in [-0.05, 0) is 24.8 Å². The van der Waals surface area contributed by atoms with Gasteiger partial charge < -0.3 is 10.1 Å². The maximum atomic E-state index is 5.61. The highest BCUT2D eigenvalue weighted by molar-refractivity contribution is 4.62. The van der Waals surface area contributed by atoms with E-state index in [2.05, 4.69) is 33.0 Å². The van der Waals surface area contributed by atoms with E-state index in [1.165, 1.54) is 44.9 Å². The summed E-state index contributed by atoms with van der Waals surface area (Å²) in [6, 6.07) is 0. The Morgan fingerprint density at radius 3 is 2.17 bits per heavy atom. The Hall–Kier alpha value is -0.0800. The van der Waals surface area contributed by atoms with Crippen molar-refractivity contribution in [1.82, 2.24) is 5.32 Å². The van der Waals surface area contributed by atoms with Crippen LogP contribution in [0.1, 0.15) is 72.6 Å². The molecule has 0 unspecified atom stereocenters. The quantitative estimate of drug-likeness (QED) is 0.524. The van der Waals surface area contributed by atoms with Crippen LogP contribution >= 0.6 is 0 Å². The van der Waals surface area contributed by atoms with Crippen molar-refractivity contribution in [1.29, 1.82) is 0 Å². The molecular weight excluding hydrogens is 222 g/mol. The lowest BCUT2D eigenvalue weighted by Crippen LogP contribution is -2.24. The van der Waals surface area contributed by atoms with Crippen molar-refractivity contribution in [3.63, 3.8) is 0 Å². The third kappa shape index (κ3) is 15.9. The van der Waals surface area contributed by atoms with Crippen LogP contribution in [-0.2, 0) is 4.74 Å². The van der Waals surface area contributed by atoms with E-state index in [1.54, 1.807) is 0 Å². The van der Waals surface area contributed by atoms with Crippen LogP contribution in [0.5, 0.6) is 0 Å². The summed E-state index contributed by atoms with van der Waals surface area (Å²) < 4.78 is 5.61. The molecule has 0 aromatic heterocycles. The van der Waals surface area contributed by atoms with E-state index in [9.17, 15) is 0 Å². The molecule has 0 aromatic rings. The Balaban J connectivity index is 2.99. The summed E-state index contributed by atoms with van der Waals surface area (Å²) in [5.74, 6) is 0. The van der Waals surface area contributed by atoms with Crippen LogP contribution in [0.15, 0.2) is 0 Å². The maximum Gasteiger partial charge on any atom is 0.0590 e. The molecule has 110 valence electrons. The largest absolute Gasteiger partial charge is 0.380 e. The number of unbranched alkanes of at least 4 members (excludes halogenated alkanes) is 5. The van der Waals surface area contributed by atoms with Crippen LogP contribution < -0.4 is 5.32 Å². The monoisotopic (exact) mass is 257 g/mol. The first-order valence-corrected chi connectivity index (χ1v) is 7.85. The highest BCUT2D eigenvalue weighted by atomic mass is 16.5. The van der Waals surface area contributed by atoms with Crippen LogP contribution in [0.2, 0.25) is 0 Å². The number of ether oxygens (including phenoxy) is 1. The molecule has 0 amide bonds. The van der Waals surface area contributed by atoms with Crippen molar-refractivity contribution in [3.05, 3.63) is 0 Å². The van der Waals surface area contributed by atoms with Crippen molar-refractivity contribution in [2.45, 2.75) is 72.6 Å². The fourth-order valence-electron chi connectivity index (χ4n) is 1.82. The molecule has 0 saturated heterocycles. The normalized spacial score (nSPS) is 12.0. The van der Waals surface area contributed by atoms with Crippen molar-refractivity contribution in [3.8, 4) is 0 Å². The van der Waals surface area contributed by atoms with E-state index in [-0.39, 0.29) is 0 Å². The second-order valence-electron chi connectivity index (χ2n) is 6.44. The lowest BCUT2D eigenvalue weighted by Gasteiger charge is -2.18. The fraction of sp³-hybridized carbons (Fsp3) is 1.00. The summed E-state index contributed by atoms with van der Waals surface area (Å²) in [5.41, 5.74) is 0.437. The molecule has 0 atom stereocenters. The van der Waals surface area contributed by atoms with Gasteiger partial charge in [0.25, 0.3) is 0 Å². The number of rotatable bonds is 12. The van der Waals surface area contributed by atoms with E-state index < -0.39 is 0 Å². The molecule has 0 aliphatic carbocycles. The van der Waals surface area contributed by atoms with Crippen molar-refractivity contribution < 1.29 is 4.74 Å². The first-order chi connectivity index (χ1) is 8.56. The summed E-state index contributed by atoms with van der Waals surface area (Å²) in [7, 11) is 0. The Bertz CT molecular complexity index is 163. The molecule has 0 bridgehead atoms. The molecule has 0 fully saturated rings. The maximum absolute atomic E-state index is 5.61. The van der Waals surface area contributed by atoms with Crippen molar-refractivity contribution in [2.24, 2.45) is 5.41 Å². The molecule has 0 aromatic carbocycles. The summed E-state index contributed by atoms with van der Waals surface area (Å²) in [4.78, 5) is 0. The minimum atomic E-state index is 0.437. The number of nitrogens with one attached hydrogen (secondary N) is 1. The highest BCUT2D eigenvalue weighted by Gasteiger charge is 2.08. The second-order valence-corrected chi connectivity index (χ2v) is 6.44. The minimum Gasteiger partial charge on any atom is -0.380 e. The van der Waals surface area contributed by atoms with Gasteiger partial charge >= 0.3 is 0 Å². The Labute approximate surface area is 115 Å². The van der Waals surface area contributed by atoms with E-state index >= 15 is 0 Å². The molecule has 0 saturated carbocycles. The van der Waals surface area contributed by atoms with Crippen molar-refractivity contribution >= 4 is 0 Å². The Morgan fingerprint density at radius 1 is 0.833 bits per heavy atom. The molecule has 0 aliphatic heterocycles. The molecule has 1 N–H and O–H groups in total. The van der Waals surface area contributed by atoms with E-state index in [0.717, 1.165) is 26.3 Å². The standard InChI is InChI=1S/C16H35NO/c1-5-6-7-8-9-10-14-18-15-13-17-12-11-16(2,3)4/h17H,5-15H2,1-4H3. The van der Waals surface area contributed by atoms with E-state index in [0.29, 0.717) is 5.41 Å². The van der Waals surface area contributed by atoms with Gasteiger partial charge in [-0.1, -0.05) is 59.8 Å². The summed E-state index contributed by atoms with van der Waals surface area (Å²) in [6.07, 6.45) is 9.27. The summed E-state index contributed by atoms with van der Waals surface area (Å²) in [5, 5.41) is 3.44. The van der Waals surface area contributed by atoms with Crippen LogP contribution in [0.3, 0.4) is 0 Å². The van der Waals surface area contributed by atoms with Gasteiger partial charge in [-0.15, -0.1) is 0 Å². The minimum absolute atomic E-state index is 0.437. The smallest absolute Gasteiger partial charge is 0.0590 e. The zero-order valence-corrected chi connectivity index (χ0v) is 13.2. The van der Waals surface area contributed by atoms with Gasteiger partial charge in [0.2, 0.25) is 0 Å². The Morgan fingerprint density at radius 2 is 1.50 bits per heavy atom. The average molecular weight is 257 g/mol. The second kappa shape index (κ2) is 12.0. The van der Waals surface area contributed by atoms with Gasteiger partial charge in [0.05, 0.1) is 6.61 Å². The SMILES string of the molecule is CCCCCCCCOCCNCCC(C)(C)C. The fourth-order valence-corrected chi connectivity index (χ4v) is 1.82. The van der Waals surface area contributed by atoms with Crippen LogP contribution in [0, 0.1) is 5.41 Å². The van der Waals surface area contributed by atoms with Gasteiger partial charge in [-0.25, -0.2) is 0 Å². The van der Waals surface area contributed by atoms with Gasteiger partial charge in [-0.2, -0.15) is 0 Å². The number of hydrogen-bond donors (Lipinski definition) is 1. The average Bonchev–Trinajstić information content (AvgIpc) is 2.29. The third-order valence-corrected chi connectivity index (χ3v) is 3.12. The van der Waals surface area contributed by atoms with Gasteiger partial charge in [0.1, 0.15) is 0 Å².